The van der Waals surface area contributed by atoms with Crippen LogP contribution in [-0.2, 0) is 16.6 Å². The molecule has 0 aromatic carbocycles. The van der Waals surface area contributed by atoms with Crippen molar-refractivity contribution < 1.29 is 13.2 Å². The summed E-state index contributed by atoms with van der Waals surface area (Å²) in [6, 6.07) is 0. The molecule has 0 amide bonds. The van der Waals surface area contributed by atoms with Crippen molar-refractivity contribution in [1.29, 1.82) is 0 Å². The highest BCUT2D eigenvalue weighted by Crippen LogP contribution is 1.98. The van der Waals surface area contributed by atoms with Gasteiger partial charge < -0.3 is 0 Å². The Balaban J connectivity index is 2.61. The molecule has 0 aliphatic rings. The fourth-order valence-electron chi connectivity index (χ4n) is 0.954. The molecule has 1 rings (SSSR count). The number of aromatic nitrogens is 2. The molecule has 0 spiro atoms. The highest BCUT2D eigenvalue weighted by atomic mass is 32.2. The molecule has 15 heavy (non-hydrogen) atoms. The predicted octanol–water partition coefficient (Wildman–Crippen LogP) is -0.413. The molecule has 0 unspecified atom stereocenters. The van der Waals surface area contributed by atoms with Gasteiger partial charge in [0.25, 0.3) is 0 Å². The first-order valence-corrected chi connectivity index (χ1v) is 5.94. The van der Waals surface area contributed by atoms with Gasteiger partial charge in [-0.2, -0.15) is 5.10 Å². The van der Waals surface area contributed by atoms with Crippen molar-refractivity contribution in [2.75, 3.05) is 19.8 Å². The van der Waals surface area contributed by atoms with Crippen LogP contribution in [0.5, 0.6) is 0 Å². The molecule has 0 saturated heterocycles. The molecule has 0 N–H and O–H groups in total. The first-order valence-electron chi connectivity index (χ1n) is 4.33. The molecule has 0 atom stereocenters. The van der Waals surface area contributed by atoms with Crippen LogP contribution in [0.1, 0.15) is 10.4 Å². The maximum atomic E-state index is 11.4. The number of carbonyl (C=O) groups excluding carboxylic acids is 1. The molecular weight excluding hydrogens is 218 g/mol. The van der Waals surface area contributed by atoms with Crippen LogP contribution in [0.3, 0.4) is 0 Å². The summed E-state index contributed by atoms with van der Waals surface area (Å²) >= 11 is 0. The van der Waals surface area contributed by atoms with Crippen LogP contribution in [-0.4, -0.2) is 48.6 Å². The van der Waals surface area contributed by atoms with Gasteiger partial charge in [0.1, 0.15) is 0 Å². The van der Waals surface area contributed by atoms with Gasteiger partial charge in [0.2, 0.25) is 10.0 Å². The molecule has 0 aliphatic carbocycles. The lowest BCUT2D eigenvalue weighted by Crippen LogP contribution is -2.27. The summed E-state index contributed by atoms with van der Waals surface area (Å²) in [5.41, 5.74) is 0.442. The average Bonchev–Trinajstić information content (AvgIpc) is 2.62. The molecule has 7 heteroatoms. The van der Waals surface area contributed by atoms with Gasteiger partial charge in [-0.05, 0) is 0 Å². The third kappa shape index (κ3) is 3.14. The van der Waals surface area contributed by atoms with E-state index in [4.69, 9.17) is 0 Å². The van der Waals surface area contributed by atoms with E-state index in [0.29, 0.717) is 11.8 Å². The number of rotatable bonds is 5. The number of hydrogen-bond donors (Lipinski definition) is 0. The number of sulfonamides is 1. The summed E-state index contributed by atoms with van der Waals surface area (Å²) in [5.74, 6) is -0.0278. The molecule has 1 aromatic rings. The van der Waals surface area contributed by atoms with Crippen molar-refractivity contribution in [2.45, 2.75) is 6.54 Å². The first-order chi connectivity index (χ1) is 6.95. The molecule has 0 fully saturated rings. The van der Waals surface area contributed by atoms with Crippen molar-refractivity contribution in [3.8, 4) is 0 Å². The lowest BCUT2D eigenvalue weighted by Gasteiger charge is -2.10. The molecule has 0 radical (unpaired) electrons. The summed E-state index contributed by atoms with van der Waals surface area (Å²) in [6.45, 7) is 0.244. The third-order valence-electron chi connectivity index (χ3n) is 1.92. The lowest BCUT2D eigenvalue weighted by molar-refractivity contribution is 0.112. The van der Waals surface area contributed by atoms with Gasteiger partial charge >= 0.3 is 0 Å². The lowest BCUT2D eigenvalue weighted by atomic mass is 10.4. The zero-order valence-electron chi connectivity index (χ0n) is 8.62. The summed E-state index contributed by atoms with van der Waals surface area (Å²) in [6.07, 6.45) is 3.58. The Morgan fingerprint density at radius 2 is 2.20 bits per heavy atom. The van der Waals surface area contributed by atoms with E-state index < -0.39 is 10.0 Å². The predicted molar refractivity (Wildman–Crippen MR) is 55.1 cm³/mol. The molecule has 84 valence electrons. The zero-order valence-corrected chi connectivity index (χ0v) is 9.44. The second kappa shape index (κ2) is 4.54. The van der Waals surface area contributed by atoms with Gasteiger partial charge in [0, 0.05) is 20.3 Å². The SMILES string of the molecule is CN(C)S(=O)(=O)CCn1cc(C=O)cn1. The van der Waals surface area contributed by atoms with Gasteiger partial charge in [0.05, 0.1) is 24.1 Å². The van der Waals surface area contributed by atoms with Crippen LogP contribution in [0.2, 0.25) is 0 Å². The van der Waals surface area contributed by atoms with Crippen LogP contribution in [0.4, 0.5) is 0 Å². The molecule has 1 aromatic heterocycles. The van der Waals surface area contributed by atoms with Crippen LogP contribution in [0.15, 0.2) is 12.4 Å². The van der Waals surface area contributed by atoms with E-state index in [1.165, 1.54) is 31.2 Å². The van der Waals surface area contributed by atoms with Gasteiger partial charge in [-0.1, -0.05) is 0 Å². The van der Waals surface area contributed by atoms with Crippen LogP contribution in [0, 0.1) is 0 Å². The number of nitrogens with zero attached hydrogens (tertiary/aromatic N) is 3. The van der Waals surface area contributed by atoms with Gasteiger partial charge in [-0.15, -0.1) is 0 Å². The molecule has 0 bridgehead atoms. The third-order valence-corrected chi connectivity index (χ3v) is 3.74. The van der Waals surface area contributed by atoms with Gasteiger partial charge in [0.15, 0.2) is 6.29 Å². The Kier molecular flexibility index (Phi) is 3.59. The van der Waals surface area contributed by atoms with Crippen molar-refractivity contribution >= 4 is 16.3 Å². The smallest absolute Gasteiger partial charge is 0.215 e. The Morgan fingerprint density at radius 3 is 2.67 bits per heavy atom. The summed E-state index contributed by atoms with van der Waals surface area (Å²) < 4.78 is 25.4. The van der Waals surface area contributed by atoms with E-state index >= 15 is 0 Å². The van der Waals surface area contributed by atoms with Gasteiger partial charge in [-0.25, -0.2) is 12.7 Å². The molecule has 0 saturated carbocycles. The highest BCUT2D eigenvalue weighted by molar-refractivity contribution is 7.89. The fourth-order valence-corrected chi connectivity index (χ4v) is 1.74. The molecular formula is C8H13N3O3S. The average molecular weight is 231 g/mol. The van der Waals surface area contributed by atoms with E-state index in [9.17, 15) is 13.2 Å². The summed E-state index contributed by atoms with van der Waals surface area (Å²) in [5, 5.41) is 3.85. The van der Waals surface area contributed by atoms with Crippen LogP contribution >= 0.6 is 0 Å². The first kappa shape index (κ1) is 11.9. The second-order valence-corrected chi connectivity index (χ2v) is 5.56. The van der Waals surface area contributed by atoms with Crippen LogP contribution < -0.4 is 0 Å². The fraction of sp³-hybridized carbons (Fsp3) is 0.500. The monoisotopic (exact) mass is 231 g/mol. The highest BCUT2D eigenvalue weighted by Gasteiger charge is 2.13. The molecule has 1 heterocycles. The molecule has 6 nitrogen and oxygen atoms in total. The minimum Gasteiger partial charge on any atom is -0.298 e. The Labute approximate surface area is 88.5 Å². The Bertz CT molecular complexity index is 436. The number of aryl methyl sites for hydroxylation is 1. The van der Waals surface area contributed by atoms with Crippen molar-refractivity contribution in [3.05, 3.63) is 18.0 Å². The largest absolute Gasteiger partial charge is 0.298 e. The van der Waals surface area contributed by atoms with Crippen molar-refractivity contribution in [1.82, 2.24) is 14.1 Å². The van der Waals surface area contributed by atoms with E-state index in [0.717, 1.165) is 4.31 Å². The van der Waals surface area contributed by atoms with Gasteiger partial charge in [-0.3, -0.25) is 9.48 Å². The van der Waals surface area contributed by atoms with E-state index in [-0.39, 0.29) is 12.3 Å². The summed E-state index contributed by atoms with van der Waals surface area (Å²) in [7, 11) is -0.247. The summed E-state index contributed by atoms with van der Waals surface area (Å²) in [4.78, 5) is 10.3. The Morgan fingerprint density at radius 1 is 1.53 bits per heavy atom. The minimum atomic E-state index is -3.21. The van der Waals surface area contributed by atoms with Crippen molar-refractivity contribution in [2.24, 2.45) is 0 Å². The molecule has 0 aliphatic heterocycles. The number of carbonyl (C=O) groups is 1. The number of hydrogen-bond acceptors (Lipinski definition) is 4. The van der Waals surface area contributed by atoms with E-state index in [1.807, 2.05) is 0 Å². The Hall–Kier alpha value is -1.21. The maximum absolute atomic E-state index is 11.4. The van der Waals surface area contributed by atoms with E-state index in [2.05, 4.69) is 5.10 Å². The van der Waals surface area contributed by atoms with E-state index in [1.54, 1.807) is 0 Å². The topological polar surface area (TPSA) is 72.3 Å². The maximum Gasteiger partial charge on any atom is 0.215 e. The van der Waals surface area contributed by atoms with Crippen molar-refractivity contribution in [3.63, 3.8) is 0 Å². The second-order valence-electron chi connectivity index (χ2n) is 3.25. The van der Waals surface area contributed by atoms with Crippen LogP contribution in [0.25, 0.3) is 0 Å². The standard InChI is InChI=1S/C8H13N3O3S/c1-10(2)15(13,14)4-3-11-6-8(7-12)5-9-11/h5-7H,3-4H2,1-2H3. The minimum absolute atomic E-state index is 0.0278. The number of aldehydes is 1. The quantitative estimate of drug-likeness (QED) is 0.646. The zero-order chi connectivity index (χ0) is 11.5. The normalized spacial score (nSPS) is 11.9.